The van der Waals surface area contributed by atoms with Crippen LogP contribution in [0.4, 0.5) is 0 Å². The minimum atomic E-state index is -0.841. The van der Waals surface area contributed by atoms with Gasteiger partial charge in [-0.05, 0) is 106 Å². The molecule has 0 fully saturated rings. The monoisotopic (exact) mass is 655 g/mol. The summed E-state index contributed by atoms with van der Waals surface area (Å²) >= 11 is 0. The van der Waals surface area contributed by atoms with Crippen molar-refractivity contribution in [2.45, 2.75) is 126 Å². The Bertz CT molecular complexity index is 1410. The number of rotatable bonds is 16. The summed E-state index contributed by atoms with van der Waals surface area (Å²) in [5.41, 5.74) is 6.83. The van der Waals surface area contributed by atoms with Crippen molar-refractivity contribution in [2.75, 3.05) is 0 Å². The summed E-state index contributed by atoms with van der Waals surface area (Å²) in [4.78, 5) is 0. The van der Waals surface area contributed by atoms with Crippen molar-refractivity contribution >= 4 is 0 Å². The Balaban J connectivity index is 2.67. The first-order chi connectivity index (χ1) is 22.2. The second-order valence-electron chi connectivity index (χ2n) is 15.5. The molecular weight excluding hydrogens is 588 g/mol. The van der Waals surface area contributed by atoms with Crippen LogP contribution in [0, 0.1) is 11.3 Å². The lowest BCUT2D eigenvalue weighted by molar-refractivity contribution is 0.0140. The van der Waals surface area contributed by atoms with Crippen LogP contribution in [0.25, 0.3) is 0 Å². The molecule has 0 radical (unpaired) electrons. The van der Waals surface area contributed by atoms with Crippen molar-refractivity contribution < 1.29 is 15.3 Å². The second kappa shape index (κ2) is 20.3. The Kier molecular flexibility index (Phi) is 18.1. The summed E-state index contributed by atoms with van der Waals surface area (Å²) in [7, 11) is 0. The Labute approximate surface area is 294 Å². The van der Waals surface area contributed by atoms with Gasteiger partial charge in [-0.1, -0.05) is 151 Å². The van der Waals surface area contributed by atoms with Gasteiger partial charge in [-0.2, -0.15) is 0 Å². The number of aliphatic hydroxyl groups is 3. The van der Waals surface area contributed by atoms with E-state index in [1.165, 1.54) is 27.9 Å². The molecule has 1 aliphatic rings. The van der Waals surface area contributed by atoms with Crippen LogP contribution in [-0.4, -0.2) is 32.6 Å². The van der Waals surface area contributed by atoms with E-state index in [1.54, 1.807) is 13.8 Å². The largest absolute Gasteiger partial charge is 0.393 e. The van der Waals surface area contributed by atoms with E-state index in [2.05, 4.69) is 147 Å². The van der Waals surface area contributed by atoms with E-state index in [9.17, 15) is 15.3 Å². The molecule has 0 heterocycles. The first-order valence-corrected chi connectivity index (χ1v) is 17.5. The quantitative estimate of drug-likeness (QED) is 0.145. The van der Waals surface area contributed by atoms with Gasteiger partial charge in [0.25, 0.3) is 0 Å². The molecule has 0 saturated carbocycles. The Morgan fingerprint density at radius 3 is 1.54 bits per heavy atom. The molecule has 0 aliphatic heterocycles. The van der Waals surface area contributed by atoms with E-state index in [4.69, 9.17) is 0 Å². The van der Waals surface area contributed by atoms with Crippen molar-refractivity contribution in [1.82, 2.24) is 0 Å². The van der Waals surface area contributed by atoms with Gasteiger partial charge in [-0.3, -0.25) is 0 Å². The maximum absolute atomic E-state index is 10.5. The Morgan fingerprint density at radius 2 is 1.12 bits per heavy atom. The molecule has 0 aromatic rings. The van der Waals surface area contributed by atoms with Crippen LogP contribution in [0.2, 0.25) is 0 Å². The Hall–Kier alpha value is -3.24. The standard InChI is InChI=1S/C45H66O3/c1-34(20-15-22-36(3)23-17-24-37(4)26-28-40(45(11,12)48)30-31-44(9,10)47)18-13-14-19-35(2)21-16-25-38(5)27-29-42-39(6)32-41(46)33-43(42,7)8/h13-29,40-41,46-48H,30-33H2,1-12H3/b14-13+,20-15+,21-16+,23-17+,28-26+,29-27+,34-18+,35-19+,36-22+,37-24+,38-25+/t40-,41+/m0/s1. The zero-order chi connectivity index (χ0) is 36.5. The van der Waals surface area contributed by atoms with Crippen LogP contribution in [0.3, 0.4) is 0 Å². The summed E-state index contributed by atoms with van der Waals surface area (Å²) in [5.74, 6) is -0.0315. The lowest BCUT2D eigenvalue weighted by Crippen LogP contribution is -2.31. The van der Waals surface area contributed by atoms with Gasteiger partial charge in [-0.25, -0.2) is 0 Å². The van der Waals surface area contributed by atoms with Crippen LogP contribution in [0.5, 0.6) is 0 Å². The molecule has 0 aromatic carbocycles. The maximum atomic E-state index is 10.5. The SMILES string of the molecule is CC1=C(/C=C/C(C)=C/C=C/C(C)=C/C=C/C=C(C)/C=C/C=C(C)/C=C/C=C(C)/C=C/[C@@H](CCC(C)(C)O)C(C)(C)O)C(C)(C)C[C@H](O)C1. The van der Waals surface area contributed by atoms with Crippen molar-refractivity contribution in [3.05, 3.63) is 142 Å². The highest BCUT2D eigenvalue weighted by molar-refractivity contribution is 5.38. The number of allylic oxidation sites excluding steroid dienone is 22. The summed E-state index contributed by atoms with van der Waals surface area (Å²) in [6.07, 6.45) is 38.3. The second-order valence-corrected chi connectivity index (χ2v) is 15.5. The fraction of sp³-hybridized carbons (Fsp3) is 0.467. The molecule has 1 rings (SSSR count). The van der Waals surface area contributed by atoms with Gasteiger partial charge < -0.3 is 15.3 Å². The third-order valence-corrected chi connectivity index (χ3v) is 8.54. The third kappa shape index (κ3) is 18.9. The van der Waals surface area contributed by atoms with E-state index in [0.717, 1.165) is 30.4 Å². The van der Waals surface area contributed by atoms with Gasteiger partial charge >= 0.3 is 0 Å². The number of aliphatic hydroxyl groups excluding tert-OH is 1. The average Bonchev–Trinajstić information content (AvgIpc) is 2.93. The molecule has 0 bridgehead atoms. The number of hydrogen-bond donors (Lipinski definition) is 3. The molecule has 0 spiro atoms. The molecule has 3 N–H and O–H groups in total. The minimum absolute atomic E-state index is 0.00334. The lowest BCUT2D eigenvalue weighted by atomic mass is 9.71. The molecule has 2 atom stereocenters. The fourth-order valence-electron chi connectivity index (χ4n) is 5.60. The number of hydrogen-bond acceptors (Lipinski definition) is 3. The van der Waals surface area contributed by atoms with E-state index in [-0.39, 0.29) is 17.4 Å². The first-order valence-electron chi connectivity index (χ1n) is 17.5. The smallest absolute Gasteiger partial charge is 0.0654 e. The van der Waals surface area contributed by atoms with E-state index >= 15 is 0 Å². The van der Waals surface area contributed by atoms with Gasteiger partial charge in [0.05, 0.1) is 17.3 Å². The van der Waals surface area contributed by atoms with Crippen molar-refractivity contribution in [1.29, 1.82) is 0 Å². The Morgan fingerprint density at radius 1 is 0.708 bits per heavy atom. The predicted octanol–water partition coefficient (Wildman–Crippen LogP) is 11.5. The highest BCUT2D eigenvalue weighted by Gasteiger charge is 2.31. The molecule has 3 nitrogen and oxygen atoms in total. The lowest BCUT2D eigenvalue weighted by Gasteiger charge is -2.35. The molecule has 0 unspecified atom stereocenters. The minimum Gasteiger partial charge on any atom is -0.393 e. The topological polar surface area (TPSA) is 60.7 Å². The van der Waals surface area contributed by atoms with Crippen LogP contribution in [0.15, 0.2) is 142 Å². The van der Waals surface area contributed by atoms with Gasteiger partial charge in [0.1, 0.15) is 0 Å². The molecule has 3 heteroatoms. The zero-order valence-corrected chi connectivity index (χ0v) is 32.1. The molecule has 0 amide bonds. The zero-order valence-electron chi connectivity index (χ0n) is 32.1. The van der Waals surface area contributed by atoms with Gasteiger partial charge in [0, 0.05) is 5.92 Å². The van der Waals surface area contributed by atoms with Crippen LogP contribution >= 0.6 is 0 Å². The molecule has 264 valence electrons. The molecule has 48 heavy (non-hydrogen) atoms. The van der Waals surface area contributed by atoms with Gasteiger partial charge in [0.15, 0.2) is 0 Å². The van der Waals surface area contributed by atoms with Crippen molar-refractivity contribution in [3.8, 4) is 0 Å². The summed E-state index contributed by atoms with van der Waals surface area (Å²) in [6, 6.07) is 0. The highest BCUT2D eigenvalue weighted by atomic mass is 16.3. The maximum Gasteiger partial charge on any atom is 0.0654 e. The van der Waals surface area contributed by atoms with E-state index in [1.807, 2.05) is 26.0 Å². The van der Waals surface area contributed by atoms with Gasteiger partial charge in [0.2, 0.25) is 0 Å². The third-order valence-electron chi connectivity index (χ3n) is 8.54. The van der Waals surface area contributed by atoms with E-state index in [0.29, 0.717) is 6.42 Å². The summed E-state index contributed by atoms with van der Waals surface area (Å²) in [5, 5.41) is 30.7. The predicted molar refractivity (Wildman–Crippen MR) is 211 cm³/mol. The molecule has 1 aliphatic carbocycles. The first kappa shape index (κ1) is 42.8. The van der Waals surface area contributed by atoms with Crippen molar-refractivity contribution in [3.63, 3.8) is 0 Å². The fourth-order valence-corrected chi connectivity index (χ4v) is 5.60. The highest BCUT2D eigenvalue weighted by Crippen LogP contribution is 2.41. The molecule has 0 aromatic heterocycles. The average molecular weight is 655 g/mol. The summed E-state index contributed by atoms with van der Waals surface area (Å²) in [6.45, 7) is 24.3. The van der Waals surface area contributed by atoms with Crippen LogP contribution in [-0.2, 0) is 0 Å². The van der Waals surface area contributed by atoms with E-state index < -0.39 is 11.2 Å². The van der Waals surface area contributed by atoms with Gasteiger partial charge in [-0.15, -0.1) is 0 Å². The molecular formula is C45H66O3. The van der Waals surface area contributed by atoms with Crippen LogP contribution < -0.4 is 0 Å². The van der Waals surface area contributed by atoms with Crippen LogP contribution in [0.1, 0.15) is 109 Å². The van der Waals surface area contributed by atoms with Crippen molar-refractivity contribution in [2.24, 2.45) is 11.3 Å². The summed E-state index contributed by atoms with van der Waals surface area (Å²) < 4.78 is 0. The molecule has 0 saturated heterocycles. The normalized spacial score (nSPS) is 20.7.